The second-order valence-electron chi connectivity index (χ2n) is 4.79. The topological polar surface area (TPSA) is 55.4 Å². The Morgan fingerprint density at radius 2 is 1.83 bits per heavy atom. The van der Waals surface area contributed by atoms with Gasteiger partial charge in [0.15, 0.2) is 6.61 Å². The van der Waals surface area contributed by atoms with Gasteiger partial charge < -0.3 is 10.1 Å². The fourth-order valence-corrected chi connectivity index (χ4v) is 2.52. The van der Waals surface area contributed by atoms with E-state index in [1.165, 1.54) is 0 Å². The maximum Gasteiger partial charge on any atom is 0.316 e. The van der Waals surface area contributed by atoms with Gasteiger partial charge in [0.25, 0.3) is 5.91 Å². The number of hydrogen-bond donors (Lipinski definition) is 1. The van der Waals surface area contributed by atoms with Crippen molar-refractivity contribution in [3.63, 3.8) is 0 Å². The van der Waals surface area contributed by atoms with E-state index >= 15 is 0 Å². The van der Waals surface area contributed by atoms with Crippen molar-refractivity contribution in [2.24, 2.45) is 0 Å². The first kappa shape index (κ1) is 17.9. The van der Waals surface area contributed by atoms with Crippen LogP contribution >= 0.6 is 11.8 Å². The van der Waals surface area contributed by atoms with Crippen molar-refractivity contribution in [1.29, 1.82) is 0 Å². The summed E-state index contributed by atoms with van der Waals surface area (Å²) in [4.78, 5) is 23.2. The van der Waals surface area contributed by atoms with E-state index in [2.05, 4.69) is 5.32 Å². The van der Waals surface area contributed by atoms with Crippen molar-refractivity contribution in [3.05, 3.63) is 65.7 Å². The normalized spacial score (nSPS) is 10.2. The second-order valence-corrected chi connectivity index (χ2v) is 5.80. The Balaban J connectivity index is 1.69. The molecule has 0 bridgehead atoms. The smallest absolute Gasteiger partial charge is 0.316 e. The summed E-state index contributed by atoms with van der Waals surface area (Å²) in [5, 5.41) is 2.61. The second kappa shape index (κ2) is 9.02. The maximum absolute atomic E-state index is 13.4. The number of rotatable bonds is 7. The summed E-state index contributed by atoms with van der Waals surface area (Å²) in [7, 11) is 0. The Hall–Kier alpha value is -2.41. The van der Waals surface area contributed by atoms with Crippen LogP contribution in [0.4, 0.5) is 8.78 Å². The lowest BCUT2D eigenvalue weighted by atomic mass is 10.2. The van der Waals surface area contributed by atoms with E-state index in [1.807, 2.05) is 30.3 Å². The number of amides is 1. The minimum atomic E-state index is -0.682. The Kier molecular flexibility index (Phi) is 6.74. The van der Waals surface area contributed by atoms with Crippen LogP contribution in [-0.4, -0.2) is 24.2 Å². The average Bonchev–Trinajstić information content (AvgIpc) is 2.59. The van der Waals surface area contributed by atoms with Gasteiger partial charge in [-0.25, -0.2) is 8.78 Å². The van der Waals surface area contributed by atoms with Crippen molar-refractivity contribution in [2.75, 3.05) is 12.4 Å². The zero-order valence-electron chi connectivity index (χ0n) is 12.6. The molecule has 0 unspecified atom stereocenters. The number of hydrogen-bond acceptors (Lipinski definition) is 4. The van der Waals surface area contributed by atoms with Crippen LogP contribution in [0.15, 0.2) is 53.4 Å². The van der Waals surface area contributed by atoms with Gasteiger partial charge in [-0.05, 0) is 23.8 Å². The van der Waals surface area contributed by atoms with Crippen LogP contribution in [0.25, 0.3) is 0 Å². The molecule has 1 N–H and O–H groups in total. The highest BCUT2D eigenvalue weighted by Crippen LogP contribution is 2.22. The van der Waals surface area contributed by atoms with Crippen LogP contribution in [0.2, 0.25) is 0 Å². The van der Waals surface area contributed by atoms with Crippen LogP contribution in [-0.2, 0) is 20.9 Å². The summed E-state index contributed by atoms with van der Waals surface area (Å²) in [6.07, 6.45) is 0. The summed E-state index contributed by atoms with van der Waals surface area (Å²) >= 11 is 0.810. The number of esters is 1. The van der Waals surface area contributed by atoms with E-state index in [9.17, 15) is 18.4 Å². The van der Waals surface area contributed by atoms with Crippen LogP contribution in [0.5, 0.6) is 0 Å². The minimum Gasteiger partial charge on any atom is -0.455 e. The number of carbonyl (C=O) groups excluding carboxylic acids is 2. The third-order valence-corrected chi connectivity index (χ3v) is 3.94. The molecule has 0 aliphatic carbocycles. The fourth-order valence-electron chi connectivity index (χ4n) is 1.76. The first-order chi connectivity index (χ1) is 11.5. The van der Waals surface area contributed by atoms with Gasteiger partial charge in [-0.2, -0.15) is 0 Å². The van der Waals surface area contributed by atoms with Crippen LogP contribution in [0.3, 0.4) is 0 Å². The summed E-state index contributed by atoms with van der Waals surface area (Å²) in [6.45, 7) is -0.0850. The van der Waals surface area contributed by atoms with E-state index in [4.69, 9.17) is 4.74 Å². The van der Waals surface area contributed by atoms with Gasteiger partial charge in [0.1, 0.15) is 11.6 Å². The lowest BCUT2D eigenvalue weighted by molar-refractivity contribution is -0.145. The fraction of sp³-hybridized carbons (Fsp3) is 0.176. The Bertz CT molecular complexity index is 710. The molecule has 1 amide bonds. The maximum atomic E-state index is 13.4. The molecule has 24 heavy (non-hydrogen) atoms. The number of carbonyl (C=O) groups is 2. The van der Waals surface area contributed by atoms with Gasteiger partial charge >= 0.3 is 5.97 Å². The molecule has 0 atom stereocenters. The van der Waals surface area contributed by atoms with E-state index in [1.54, 1.807) is 0 Å². The van der Waals surface area contributed by atoms with Crippen molar-refractivity contribution in [1.82, 2.24) is 5.32 Å². The standard InChI is InChI=1S/C17H15F2NO3S/c18-13-6-7-14(19)15(8-13)24-11-17(22)23-10-16(21)20-9-12-4-2-1-3-5-12/h1-8H,9-11H2,(H,20,21). The van der Waals surface area contributed by atoms with E-state index in [0.717, 1.165) is 35.5 Å². The van der Waals surface area contributed by atoms with Crippen molar-refractivity contribution in [3.8, 4) is 0 Å². The van der Waals surface area contributed by atoms with Gasteiger partial charge in [-0.15, -0.1) is 11.8 Å². The lowest BCUT2D eigenvalue weighted by Crippen LogP contribution is -2.28. The average molecular weight is 351 g/mol. The molecule has 7 heteroatoms. The van der Waals surface area contributed by atoms with Crippen LogP contribution in [0.1, 0.15) is 5.56 Å². The summed E-state index contributed by atoms with van der Waals surface area (Å²) in [5.41, 5.74) is 0.925. The van der Waals surface area contributed by atoms with Crippen molar-refractivity contribution < 1.29 is 23.1 Å². The first-order valence-electron chi connectivity index (χ1n) is 7.08. The van der Waals surface area contributed by atoms with Gasteiger partial charge in [-0.3, -0.25) is 9.59 Å². The predicted octanol–water partition coefficient (Wildman–Crippen LogP) is 2.92. The van der Waals surface area contributed by atoms with Crippen molar-refractivity contribution in [2.45, 2.75) is 11.4 Å². The molecular weight excluding hydrogens is 336 g/mol. The number of thioether (sulfide) groups is 1. The van der Waals surface area contributed by atoms with E-state index < -0.39 is 30.1 Å². The third kappa shape index (κ3) is 6.00. The molecule has 0 saturated carbocycles. The molecule has 4 nitrogen and oxygen atoms in total. The van der Waals surface area contributed by atoms with Crippen molar-refractivity contribution >= 4 is 23.6 Å². The molecule has 0 aliphatic heterocycles. The minimum absolute atomic E-state index is 0.0143. The highest BCUT2D eigenvalue weighted by molar-refractivity contribution is 8.00. The van der Waals surface area contributed by atoms with Gasteiger partial charge in [0.05, 0.1) is 5.75 Å². The summed E-state index contributed by atoms with van der Waals surface area (Å²) < 4.78 is 31.2. The number of benzene rings is 2. The molecule has 2 rings (SSSR count). The molecule has 0 aromatic heterocycles. The van der Waals surface area contributed by atoms with Gasteiger partial charge in [0.2, 0.25) is 0 Å². The molecule has 126 valence electrons. The summed E-state index contributed by atoms with van der Waals surface area (Å²) in [5.74, 6) is -2.54. The van der Waals surface area contributed by atoms with E-state index in [0.29, 0.717) is 6.54 Å². The molecule has 0 saturated heterocycles. The molecule has 0 spiro atoms. The zero-order chi connectivity index (χ0) is 17.4. The first-order valence-corrected chi connectivity index (χ1v) is 8.07. The molecule has 0 fully saturated rings. The molecule has 2 aromatic rings. The lowest BCUT2D eigenvalue weighted by Gasteiger charge is -2.07. The van der Waals surface area contributed by atoms with Gasteiger partial charge in [-0.1, -0.05) is 30.3 Å². The molecule has 2 aromatic carbocycles. The van der Waals surface area contributed by atoms with E-state index in [-0.39, 0.29) is 10.6 Å². The monoisotopic (exact) mass is 351 g/mol. The predicted molar refractivity (Wildman–Crippen MR) is 86.3 cm³/mol. The number of ether oxygens (including phenoxy) is 1. The SMILES string of the molecule is O=C(COC(=O)CSc1cc(F)ccc1F)NCc1ccccc1. The highest BCUT2D eigenvalue weighted by atomic mass is 32.2. The highest BCUT2D eigenvalue weighted by Gasteiger charge is 2.11. The van der Waals surface area contributed by atoms with Crippen LogP contribution < -0.4 is 5.32 Å². The largest absolute Gasteiger partial charge is 0.455 e. The number of nitrogens with one attached hydrogen (secondary N) is 1. The Morgan fingerprint density at radius 3 is 2.58 bits per heavy atom. The number of halogens is 2. The van der Waals surface area contributed by atoms with Gasteiger partial charge in [0, 0.05) is 11.4 Å². The molecular formula is C17H15F2NO3S. The Morgan fingerprint density at radius 1 is 1.08 bits per heavy atom. The Labute approximate surface area is 142 Å². The zero-order valence-corrected chi connectivity index (χ0v) is 13.4. The third-order valence-electron chi connectivity index (χ3n) is 2.94. The molecule has 0 heterocycles. The quantitative estimate of drug-likeness (QED) is 0.616. The van der Waals surface area contributed by atoms with Crippen LogP contribution in [0, 0.1) is 11.6 Å². The molecule has 0 radical (unpaired) electrons. The summed E-state index contributed by atoms with van der Waals surface area (Å²) in [6, 6.07) is 12.3. The molecule has 0 aliphatic rings.